The Morgan fingerprint density at radius 2 is 1.68 bits per heavy atom. The lowest BCUT2D eigenvalue weighted by Gasteiger charge is -2.08. The van der Waals surface area contributed by atoms with Crippen LogP contribution in [0.2, 0.25) is 0 Å². The summed E-state index contributed by atoms with van der Waals surface area (Å²) in [7, 11) is 0. The molecule has 0 aliphatic carbocycles. The normalized spacial score (nSPS) is 11.7. The lowest BCUT2D eigenvalue weighted by Crippen LogP contribution is -2.23. The van der Waals surface area contributed by atoms with E-state index in [1.54, 1.807) is 6.92 Å². The highest BCUT2D eigenvalue weighted by Gasteiger charge is 2.16. The van der Waals surface area contributed by atoms with Gasteiger partial charge in [0.1, 0.15) is 23.3 Å². The van der Waals surface area contributed by atoms with E-state index in [4.69, 9.17) is 14.0 Å². The average molecular weight is 381 g/mol. The van der Waals surface area contributed by atoms with Gasteiger partial charge in [0.25, 0.3) is 0 Å². The number of nitrogens with one attached hydrogen (secondary N) is 1. The van der Waals surface area contributed by atoms with Gasteiger partial charge < -0.3 is 19.3 Å². The van der Waals surface area contributed by atoms with Crippen LogP contribution in [0.1, 0.15) is 39.1 Å². The van der Waals surface area contributed by atoms with Crippen LogP contribution in [0, 0.1) is 0 Å². The zero-order valence-corrected chi connectivity index (χ0v) is 16.1. The summed E-state index contributed by atoms with van der Waals surface area (Å²) in [6.07, 6.45) is 0.971. The number of hydrogen-bond acceptors (Lipinski definition) is 6. The molecule has 3 rings (SSSR count). The Bertz CT molecular complexity index is 904. The molecular weight excluding hydrogens is 358 g/mol. The van der Waals surface area contributed by atoms with Crippen LogP contribution in [0.25, 0.3) is 11.4 Å². The predicted molar refractivity (Wildman–Crippen MR) is 104 cm³/mol. The van der Waals surface area contributed by atoms with Crippen molar-refractivity contribution in [2.24, 2.45) is 0 Å². The first-order chi connectivity index (χ1) is 13.5. The van der Waals surface area contributed by atoms with Gasteiger partial charge in [-0.1, -0.05) is 12.1 Å². The van der Waals surface area contributed by atoms with Gasteiger partial charge in [0.2, 0.25) is 17.6 Å². The van der Waals surface area contributed by atoms with E-state index in [1.165, 1.54) is 6.92 Å². The van der Waals surface area contributed by atoms with E-state index in [1.807, 2.05) is 48.5 Å². The van der Waals surface area contributed by atoms with Crippen LogP contribution in [0.15, 0.2) is 53.1 Å². The summed E-state index contributed by atoms with van der Waals surface area (Å²) in [5, 5.41) is 6.68. The fraction of sp³-hybridized carbons (Fsp3) is 0.286. The molecule has 1 N–H and O–H groups in total. The van der Waals surface area contributed by atoms with Crippen molar-refractivity contribution in [1.29, 1.82) is 0 Å². The Hall–Kier alpha value is -3.35. The van der Waals surface area contributed by atoms with Crippen LogP contribution in [0.3, 0.4) is 0 Å². The Kier molecular flexibility index (Phi) is 6.26. The third-order valence-corrected chi connectivity index (χ3v) is 3.88. The molecule has 0 spiro atoms. The molecule has 0 fully saturated rings. The Morgan fingerprint density at radius 1 is 1.07 bits per heavy atom. The van der Waals surface area contributed by atoms with Crippen LogP contribution in [0.4, 0.5) is 0 Å². The summed E-state index contributed by atoms with van der Waals surface area (Å²) in [4.78, 5) is 15.5. The summed E-state index contributed by atoms with van der Waals surface area (Å²) in [5.41, 5.74) is 0.792. The van der Waals surface area contributed by atoms with Crippen LogP contribution >= 0.6 is 0 Å². The molecule has 1 amide bonds. The standard InChI is InChI=1S/C21H23N3O4/c1-4-13-26-17-9-11-19(12-10-17)27-18-7-5-16(6-8-18)20-23-21(28-24-20)14(2)22-15(3)25/h5-12,14H,4,13H2,1-3H3,(H,22,25). The van der Waals surface area contributed by atoms with Crippen molar-refractivity contribution in [3.05, 3.63) is 54.4 Å². The number of aromatic nitrogens is 2. The molecule has 1 aromatic heterocycles. The van der Waals surface area contributed by atoms with Crippen molar-refractivity contribution >= 4 is 5.91 Å². The first-order valence-electron chi connectivity index (χ1n) is 9.17. The van der Waals surface area contributed by atoms with E-state index in [9.17, 15) is 4.79 Å². The van der Waals surface area contributed by atoms with E-state index in [0.29, 0.717) is 24.1 Å². The minimum atomic E-state index is -0.342. The lowest BCUT2D eigenvalue weighted by molar-refractivity contribution is -0.119. The summed E-state index contributed by atoms with van der Waals surface area (Å²) >= 11 is 0. The third-order valence-electron chi connectivity index (χ3n) is 3.88. The second-order valence-corrected chi connectivity index (χ2v) is 6.32. The minimum absolute atomic E-state index is 0.154. The van der Waals surface area contributed by atoms with Gasteiger partial charge in [-0.2, -0.15) is 4.98 Å². The topological polar surface area (TPSA) is 86.5 Å². The van der Waals surface area contributed by atoms with Gasteiger partial charge in [-0.25, -0.2) is 0 Å². The fourth-order valence-corrected chi connectivity index (χ4v) is 2.53. The highest BCUT2D eigenvalue weighted by molar-refractivity contribution is 5.73. The molecule has 0 aliphatic heterocycles. The number of carbonyl (C=O) groups excluding carboxylic acids is 1. The lowest BCUT2D eigenvalue weighted by atomic mass is 10.2. The van der Waals surface area contributed by atoms with E-state index in [-0.39, 0.29) is 11.9 Å². The largest absolute Gasteiger partial charge is 0.494 e. The highest BCUT2D eigenvalue weighted by atomic mass is 16.5. The number of ether oxygens (including phenoxy) is 2. The average Bonchev–Trinajstić information content (AvgIpc) is 3.18. The maximum Gasteiger partial charge on any atom is 0.249 e. The van der Waals surface area contributed by atoms with Crippen LogP contribution < -0.4 is 14.8 Å². The number of rotatable bonds is 8. The van der Waals surface area contributed by atoms with E-state index < -0.39 is 0 Å². The molecule has 28 heavy (non-hydrogen) atoms. The van der Waals surface area contributed by atoms with Gasteiger partial charge in [-0.15, -0.1) is 0 Å². The molecule has 1 atom stereocenters. The zero-order valence-electron chi connectivity index (χ0n) is 16.1. The monoisotopic (exact) mass is 381 g/mol. The van der Waals surface area contributed by atoms with Gasteiger partial charge in [-0.05, 0) is 61.9 Å². The van der Waals surface area contributed by atoms with E-state index >= 15 is 0 Å². The quantitative estimate of drug-likeness (QED) is 0.618. The number of benzene rings is 2. The van der Waals surface area contributed by atoms with Crippen molar-refractivity contribution in [1.82, 2.24) is 15.5 Å². The summed E-state index contributed by atoms with van der Waals surface area (Å²) in [5.74, 6) is 2.90. The summed E-state index contributed by atoms with van der Waals surface area (Å²) in [6, 6.07) is 14.5. The molecule has 0 aliphatic rings. The predicted octanol–water partition coefficient (Wildman–Crippen LogP) is 4.51. The smallest absolute Gasteiger partial charge is 0.249 e. The maximum absolute atomic E-state index is 11.1. The fourth-order valence-electron chi connectivity index (χ4n) is 2.53. The Morgan fingerprint density at radius 3 is 2.29 bits per heavy atom. The molecule has 7 heteroatoms. The molecule has 0 radical (unpaired) electrons. The number of carbonyl (C=O) groups is 1. The Balaban J connectivity index is 1.63. The van der Waals surface area contributed by atoms with Crippen molar-refractivity contribution in [3.8, 4) is 28.6 Å². The molecule has 1 heterocycles. The van der Waals surface area contributed by atoms with E-state index in [0.717, 1.165) is 23.5 Å². The summed E-state index contributed by atoms with van der Waals surface area (Å²) in [6.45, 7) is 6.00. The molecule has 1 unspecified atom stereocenters. The van der Waals surface area contributed by atoms with Crippen LogP contribution in [-0.4, -0.2) is 22.7 Å². The van der Waals surface area contributed by atoms with Gasteiger partial charge in [0.05, 0.1) is 6.61 Å². The van der Waals surface area contributed by atoms with E-state index in [2.05, 4.69) is 22.4 Å². The number of amides is 1. The molecular formula is C21H23N3O4. The summed E-state index contributed by atoms with van der Waals surface area (Å²) < 4.78 is 16.6. The van der Waals surface area contributed by atoms with Crippen molar-refractivity contribution in [2.75, 3.05) is 6.61 Å². The number of nitrogens with zero attached hydrogens (tertiary/aromatic N) is 2. The molecule has 146 valence electrons. The second-order valence-electron chi connectivity index (χ2n) is 6.32. The Labute approximate surface area is 163 Å². The second kappa shape index (κ2) is 9.03. The first kappa shape index (κ1) is 19.4. The highest BCUT2D eigenvalue weighted by Crippen LogP contribution is 2.26. The number of hydrogen-bond donors (Lipinski definition) is 1. The SMILES string of the molecule is CCCOc1ccc(Oc2ccc(-c3noc(C(C)NC(C)=O)n3)cc2)cc1. The van der Waals surface area contributed by atoms with Gasteiger partial charge >= 0.3 is 0 Å². The van der Waals surface area contributed by atoms with Crippen molar-refractivity contribution in [3.63, 3.8) is 0 Å². The molecule has 7 nitrogen and oxygen atoms in total. The van der Waals surface area contributed by atoms with Crippen LogP contribution in [-0.2, 0) is 4.79 Å². The molecule has 2 aromatic carbocycles. The van der Waals surface area contributed by atoms with Gasteiger partial charge in [0, 0.05) is 12.5 Å². The molecule has 3 aromatic rings. The third kappa shape index (κ3) is 5.09. The molecule has 0 bridgehead atoms. The first-order valence-corrected chi connectivity index (χ1v) is 9.17. The van der Waals surface area contributed by atoms with Gasteiger partial charge in [-0.3, -0.25) is 4.79 Å². The molecule has 0 saturated heterocycles. The van der Waals surface area contributed by atoms with Crippen molar-refractivity contribution < 1.29 is 18.8 Å². The van der Waals surface area contributed by atoms with Crippen LogP contribution in [0.5, 0.6) is 17.2 Å². The minimum Gasteiger partial charge on any atom is -0.494 e. The maximum atomic E-state index is 11.1. The molecule has 0 saturated carbocycles. The van der Waals surface area contributed by atoms with Gasteiger partial charge in [0.15, 0.2) is 0 Å². The zero-order chi connectivity index (χ0) is 19.9. The van der Waals surface area contributed by atoms with Crippen molar-refractivity contribution in [2.45, 2.75) is 33.2 Å².